The van der Waals surface area contributed by atoms with Crippen molar-refractivity contribution < 1.29 is 0 Å². The standard InChI is InChI=1S/C13H19NS/c1-3-11-6-4-5-7-13(11)14-12-8-10(2)15-9-12/h4-7,10,12,14H,3,8-9H2,1-2H3. The van der Waals surface area contributed by atoms with Crippen molar-refractivity contribution in [3.8, 4) is 0 Å². The normalized spacial score (nSPS) is 25.5. The Morgan fingerprint density at radius 2 is 2.20 bits per heavy atom. The molecule has 82 valence electrons. The topological polar surface area (TPSA) is 12.0 Å². The average molecular weight is 221 g/mol. The first-order chi connectivity index (χ1) is 7.29. The van der Waals surface area contributed by atoms with E-state index >= 15 is 0 Å². The van der Waals surface area contributed by atoms with Gasteiger partial charge in [0.2, 0.25) is 0 Å². The molecule has 1 aliphatic heterocycles. The van der Waals surface area contributed by atoms with Crippen LogP contribution in [0, 0.1) is 0 Å². The molecule has 0 aliphatic carbocycles. The monoisotopic (exact) mass is 221 g/mol. The third-order valence-electron chi connectivity index (χ3n) is 2.96. The predicted molar refractivity (Wildman–Crippen MR) is 69.8 cm³/mol. The lowest BCUT2D eigenvalue weighted by atomic mass is 10.1. The molecule has 1 aromatic carbocycles. The lowest BCUT2D eigenvalue weighted by Gasteiger charge is -2.16. The van der Waals surface area contributed by atoms with Crippen LogP contribution in [-0.4, -0.2) is 17.0 Å². The number of rotatable bonds is 3. The molecule has 0 amide bonds. The first-order valence-corrected chi connectivity index (χ1v) is 6.80. The number of thioether (sulfide) groups is 1. The summed E-state index contributed by atoms with van der Waals surface area (Å²) in [6.07, 6.45) is 2.40. The first kappa shape index (κ1) is 10.9. The van der Waals surface area contributed by atoms with Gasteiger partial charge in [0.05, 0.1) is 0 Å². The van der Waals surface area contributed by atoms with E-state index in [9.17, 15) is 0 Å². The molecule has 0 aromatic heterocycles. The minimum atomic E-state index is 0.665. The van der Waals surface area contributed by atoms with E-state index in [1.165, 1.54) is 23.4 Å². The molecule has 1 aromatic rings. The lowest BCUT2D eigenvalue weighted by molar-refractivity contribution is 0.745. The molecule has 2 unspecified atom stereocenters. The van der Waals surface area contributed by atoms with E-state index in [4.69, 9.17) is 0 Å². The fraction of sp³-hybridized carbons (Fsp3) is 0.538. The van der Waals surface area contributed by atoms with Crippen molar-refractivity contribution in [2.75, 3.05) is 11.1 Å². The third kappa shape index (κ3) is 2.69. The number of benzene rings is 1. The zero-order valence-electron chi connectivity index (χ0n) is 9.49. The number of anilines is 1. The van der Waals surface area contributed by atoms with Crippen LogP contribution >= 0.6 is 11.8 Å². The first-order valence-electron chi connectivity index (χ1n) is 5.75. The van der Waals surface area contributed by atoms with Gasteiger partial charge < -0.3 is 5.32 Å². The second-order valence-electron chi connectivity index (χ2n) is 4.23. The second kappa shape index (κ2) is 4.93. The summed E-state index contributed by atoms with van der Waals surface area (Å²) >= 11 is 2.08. The molecular formula is C13H19NS. The van der Waals surface area contributed by atoms with Crippen molar-refractivity contribution in [3.05, 3.63) is 29.8 Å². The summed E-state index contributed by atoms with van der Waals surface area (Å²) in [6.45, 7) is 4.53. The van der Waals surface area contributed by atoms with Gasteiger partial charge in [0.25, 0.3) is 0 Å². The molecule has 1 saturated heterocycles. The van der Waals surface area contributed by atoms with Gasteiger partial charge in [0.1, 0.15) is 0 Å². The Bertz CT molecular complexity index is 324. The van der Waals surface area contributed by atoms with E-state index in [2.05, 4.69) is 55.2 Å². The highest BCUT2D eigenvalue weighted by atomic mass is 32.2. The highest BCUT2D eigenvalue weighted by molar-refractivity contribution is 8.00. The van der Waals surface area contributed by atoms with E-state index in [1.54, 1.807) is 0 Å². The Labute approximate surface area is 96.7 Å². The van der Waals surface area contributed by atoms with Gasteiger partial charge in [-0.1, -0.05) is 32.0 Å². The average Bonchev–Trinajstić information content (AvgIpc) is 2.65. The van der Waals surface area contributed by atoms with Crippen LogP contribution in [0.25, 0.3) is 0 Å². The van der Waals surface area contributed by atoms with Gasteiger partial charge in [-0.15, -0.1) is 0 Å². The van der Waals surface area contributed by atoms with E-state index < -0.39 is 0 Å². The number of para-hydroxylation sites is 1. The van der Waals surface area contributed by atoms with Crippen molar-refractivity contribution in [2.24, 2.45) is 0 Å². The molecule has 2 atom stereocenters. The van der Waals surface area contributed by atoms with E-state index in [1.807, 2.05) is 0 Å². The van der Waals surface area contributed by atoms with Crippen molar-refractivity contribution in [2.45, 2.75) is 38.0 Å². The van der Waals surface area contributed by atoms with Crippen molar-refractivity contribution in [1.29, 1.82) is 0 Å². The van der Waals surface area contributed by atoms with Crippen LogP contribution in [-0.2, 0) is 6.42 Å². The van der Waals surface area contributed by atoms with Crippen LogP contribution in [0.2, 0.25) is 0 Å². The molecule has 0 saturated carbocycles. The van der Waals surface area contributed by atoms with Gasteiger partial charge in [-0.3, -0.25) is 0 Å². The minimum Gasteiger partial charge on any atom is -0.381 e. The largest absolute Gasteiger partial charge is 0.381 e. The van der Waals surface area contributed by atoms with E-state index in [0.717, 1.165) is 11.7 Å². The van der Waals surface area contributed by atoms with Gasteiger partial charge in [0, 0.05) is 22.7 Å². The molecule has 2 heteroatoms. The zero-order valence-corrected chi connectivity index (χ0v) is 10.3. The Morgan fingerprint density at radius 3 is 2.87 bits per heavy atom. The van der Waals surface area contributed by atoms with Crippen molar-refractivity contribution in [1.82, 2.24) is 0 Å². The molecule has 1 fully saturated rings. The Hall–Kier alpha value is -0.630. The number of aryl methyl sites for hydroxylation is 1. The molecule has 15 heavy (non-hydrogen) atoms. The molecule has 0 spiro atoms. The minimum absolute atomic E-state index is 0.665. The molecule has 1 N–H and O–H groups in total. The smallest absolute Gasteiger partial charge is 0.0375 e. The van der Waals surface area contributed by atoms with Crippen molar-refractivity contribution in [3.63, 3.8) is 0 Å². The molecule has 0 radical (unpaired) electrons. The quantitative estimate of drug-likeness (QED) is 0.837. The maximum absolute atomic E-state index is 3.67. The maximum atomic E-state index is 3.67. The molecular weight excluding hydrogens is 202 g/mol. The Kier molecular flexibility index (Phi) is 3.57. The van der Waals surface area contributed by atoms with Crippen LogP contribution < -0.4 is 5.32 Å². The molecule has 1 aliphatic rings. The molecule has 1 nitrogen and oxygen atoms in total. The van der Waals surface area contributed by atoms with Crippen LogP contribution in [0.1, 0.15) is 25.8 Å². The lowest BCUT2D eigenvalue weighted by Crippen LogP contribution is -2.19. The van der Waals surface area contributed by atoms with Gasteiger partial charge in [0.15, 0.2) is 0 Å². The maximum Gasteiger partial charge on any atom is 0.0375 e. The number of nitrogens with one attached hydrogen (secondary N) is 1. The summed E-state index contributed by atoms with van der Waals surface area (Å²) in [4.78, 5) is 0. The number of hydrogen-bond donors (Lipinski definition) is 1. The van der Waals surface area contributed by atoms with Gasteiger partial charge in [-0.2, -0.15) is 11.8 Å². The fourth-order valence-corrected chi connectivity index (χ4v) is 3.26. The van der Waals surface area contributed by atoms with E-state index in [-0.39, 0.29) is 0 Å². The highest BCUT2D eigenvalue weighted by Crippen LogP contribution is 2.29. The molecule has 0 bridgehead atoms. The van der Waals surface area contributed by atoms with E-state index in [0.29, 0.717) is 6.04 Å². The summed E-state index contributed by atoms with van der Waals surface area (Å²) < 4.78 is 0. The second-order valence-corrected chi connectivity index (χ2v) is 5.70. The van der Waals surface area contributed by atoms with Crippen LogP contribution in [0.5, 0.6) is 0 Å². The summed E-state index contributed by atoms with van der Waals surface area (Å²) in [5.41, 5.74) is 2.77. The summed E-state index contributed by atoms with van der Waals surface area (Å²) in [6, 6.07) is 9.32. The van der Waals surface area contributed by atoms with Crippen LogP contribution in [0.3, 0.4) is 0 Å². The van der Waals surface area contributed by atoms with Crippen molar-refractivity contribution >= 4 is 17.4 Å². The summed E-state index contributed by atoms with van der Waals surface area (Å²) in [7, 11) is 0. The third-order valence-corrected chi connectivity index (χ3v) is 4.31. The van der Waals surface area contributed by atoms with Gasteiger partial charge >= 0.3 is 0 Å². The van der Waals surface area contributed by atoms with Crippen LogP contribution in [0.15, 0.2) is 24.3 Å². The Morgan fingerprint density at radius 1 is 1.40 bits per heavy atom. The summed E-state index contributed by atoms with van der Waals surface area (Å²) in [5, 5.41) is 4.49. The highest BCUT2D eigenvalue weighted by Gasteiger charge is 2.21. The fourth-order valence-electron chi connectivity index (χ4n) is 2.11. The predicted octanol–water partition coefficient (Wildman–Crippen LogP) is 3.55. The molecule has 2 rings (SSSR count). The summed E-state index contributed by atoms with van der Waals surface area (Å²) in [5.74, 6) is 1.25. The van der Waals surface area contributed by atoms with Crippen LogP contribution in [0.4, 0.5) is 5.69 Å². The number of hydrogen-bond acceptors (Lipinski definition) is 2. The molecule has 1 heterocycles. The SMILES string of the molecule is CCc1ccccc1NC1CSC(C)C1. The Balaban J connectivity index is 2.04. The van der Waals surface area contributed by atoms with Gasteiger partial charge in [-0.05, 0) is 24.5 Å². The van der Waals surface area contributed by atoms with Gasteiger partial charge in [-0.25, -0.2) is 0 Å². The zero-order chi connectivity index (χ0) is 10.7.